The van der Waals surface area contributed by atoms with E-state index in [-0.39, 0.29) is 11.9 Å². The average molecular weight is 324 g/mol. The van der Waals surface area contributed by atoms with Crippen molar-refractivity contribution in [3.8, 4) is 0 Å². The summed E-state index contributed by atoms with van der Waals surface area (Å²) in [5.41, 5.74) is 5.37. The lowest BCUT2D eigenvalue weighted by Gasteiger charge is -2.10. The van der Waals surface area contributed by atoms with Crippen LogP contribution in [0.1, 0.15) is 41.5 Å². The maximum absolute atomic E-state index is 12.3. The second-order valence-corrected chi connectivity index (χ2v) is 5.92. The number of nitrogens with zero attached hydrogens (tertiary/aromatic N) is 3. The molecule has 0 fully saturated rings. The number of benzene rings is 1. The van der Waals surface area contributed by atoms with Gasteiger partial charge in [0, 0.05) is 11.4 Å². The lowest BCUT2D eigenvalue weighted by atomic mass is 10.1. The van der Waals surface area contributed by atoms with Crippen LogP contribution in [-0.4, -0.2) is 20.7 Å². The van der Waals surface area contributed by atoms with Gasteiger partial charge in [-0.05, 0) is 32.4 Å². The Labute approximate surface area is 140 Å². The third-order valence-corrected chi connectivity index (χ3v) is 3.74. The number of rotatable bonds is 5. The number of hydrogen-bond donors (Lipinski definition) is 1. The van der Waals surface area contributed by atoms with E-state index in [2.05, 4.69) is 15.6 Å². The number of fused-ring (bicyclic) bond motifs is 1. The highest BCUT2D eigenvalue weighted by Crippen LogP contribution is 2.19. The minimum atomic E-state index is -0.310. The van der Waals surface area contributed by atoms with E-state index >= 15 is 0 Å². The van der Waals surface area contributed by atoms with E-state index in [0.717, 1.165) is 16.6 Å². The number of nitrogens with one attached hydrogen (secondary N) is 1. The van der Waals surface area contributed by atoms with Gasteiger partial charge in [-0.3, -0.25) is 9.63 Å². The van der Waals surface area contributed by atoms with Crippen LogP contribution >= 0.6 is 0 Å². The number of carbonyl (C=O) groups excluding carboxylic acids is 1. The Kier molecular flexibility index (Phi) is 4.57. The van der Waals surface area contributed by atoms with Crippen LogP contribution in [0.4, 0.5) is 0 Å². The Morgan fingerprint density at radius 3 is 2.75 bits per heavy atom. The molecule has 0 spiro atoms. The highest BCUT2D eigenvalue weighted by atomic mass is 16.6. The first-order valence-corrected chi connectivity index (χ1v) is 7.87. The second kappa shape index (κ2) is 6.80. The van der Waals surface area contributed by atoms with Crippen LogP contribution in [0.25, 0.3) is 11.0 Å². The molecule has 0 aliphatic rings. The summed E-state index contributed by atoms with van der Waals surface area (Å²) in [6, 6.07) is 11.7. The Hall–Kier alpha value is -2.73. The second-order valence-electron chi connectivity index (χ2n) is 5.92. The fraction of sp³-hybridized carbons (Fsp3) is 0.278. The van der Waals surface area contributed by atoms with Crippen LogP contribution in [0.3, 0.4) is 0 Å². The Bertz CT molecular complexity index is 856. The monoisotopic (exact) mass is 324 g/mol. The van der Waals surface area contributed by atoms with Crippen LogP contribution < -0.4 is 5.48 Å². The molecule has 0 atom stereocenters. The zero-order valence-electron chi connectivity index (χ0n) is 14.0. The minimum absolute atomic E-state index is 0.211. The first kappa shape index (κ1) is 16.1. The van der Waals surface area contributed by atoms with Gasteiger partial charge in [0.2, 0.25) is 0 Å². The number of hydroxylamine groups is 1. The van der Waals surface area contributed by atoms with E-state index in [1.54, 1.807) is 12.3 Å². The summed E-state index contributed by atoms with van der Waals surface area (Å²) < 4.78 is 1.84. The molecule has 3 rings (SSSR count). The van der Waals surface area contributed by atoms with Gasteiger partial charge >= 0.3 is 0 Å². The molecule has 1 amide bonds. The third kappa shape index (κ3) is 3.28. The van der Waals surface area contributed by atoms with Crippen LogP contribution in [0.15, 0.2) is 42.6 Å². The van der Waals surface area contributed by atoms with Gasteiger partial charge in [0.1, 0.15) is 0 Å². The predicted octanol–water partition coefficient (Wildman–Crippen LogP) is 3.18. The Morgan fingerprint density at radius 1 is 1.29 bits per heavy atom. The number of aromatic nitrogens is 3. The smallest absolute Gasteiger partial charge is 0.269 e. The lowest BCUT2D eigenvalue weighted by Crippen LogP contribution is -2.24. The van der Waals surface area contributed by atoms with E-state index in [9.17, 15) is 4.79 Å². The summed E-state index contributed by atoms with van der Waals surface area (Å²) in [5, 5.41) is 5.17. The molecule has 0 bridgehead atoms. The number of carbonyl (C=O) groups is 1. The van der Waals surface area contributed by atoms with Crippen molar-refractivity contribution in [1.82, 2.24) is 20.2 Å². The standard InChI is InChI=1S/C18H20N4O2/c1-12(2)22-17-15(10-19-22)9-16(13(3)20-17)18(23)21-24-11-14-7-5-4-6-8-14/h4-10,12H,11H2,1-3H3,(H,21,23). The molecule has 0 unspecified atom stereocenters. The first-order chi connectivity index (χ1) is 11.6. The van der Waals surface area contributed by atoms with Crippen molar-refractivity contribution in [3.05, 3.63) is 59.4 Å². The molecular formula is C18H20N4O2. The number of aryl methyl sites for hydroxylation is 1. The Balaban J connectivity index is 1.74. The molecule has 1 aromatic carbocycles. The van der Waals surface area contributed by atoms with E-state index in [4.69, 9.17) is 4.84 Å². The van der Waals surface area contributed by atoms with E-state index < -0.39 is 0 Å². The van der Waals surface area contributed by atoms with E-state index in [0.29, 0.717) is 17.9 Å². The molecule has 6 heteroatoms. The molecule has 1 N–H and O–H groups in total. The summed E-state index contributed by atoms with van der Waals surface area (Å²) in [5.74, 6) is -0.310. The fourth-order valence-corrected chi connectivity index (χ4v) is 2.49. The van der Waals surface area contributed by atoms with Crippen LogP contribution in [-0.2, 0) is 11.4 Å². The number of amides is 1. The van der Waals surface area contributed by atoms with E-state index in [1.165, 1.54) is 0 Å². The lowest BCUT2D eigenvalue weighted by molar-refractivity contribution is 0.0233. The maximum atomic E-state index is 12.3. The molecule has 2 aromatic heterocycles. The summed E-state index contributed by atoms with van der Waals surface area (Å²) >= 11 is 0. The molecule has 2 heterocycles. The molecule has 3 aromatic rings. The van der Waals surface area contributed by atoms with Crippen molar-refractivity contribution in [3.63, 3.8) is 0 Å². The van der Waals surface area contributed by atoms with Crippen molar-refractivity contribution >= 4 is 16.9 Å². The normalized spacial score (nSPS) is 11.2. The van der Waals surface area contributed by atoms with Crippen molar-refractivity contribution in [2.24, 2.45) is 0 Å². The molecule has 24 heavy (non-hydrogen) atoms. The predicted molar refractivity (Wildman–Crippen MR) is 91.3 cm³/mol. The SMILES string of the molecule is Cc1nc2c(cnn2C(C)C)cc1C(=O)NOCc1ccccc1. The first-order valence-electron chi connectivity index (χ1n) is 7.87. The van der Waals surface area contributed by atoms with Gasteiger partial charge in [0.05, 0.1) is 24.1 Å². The summed E-state index contributed by atoms with van der Waals surface area (Å²) in [6.45, 7) is 6.21. The molecule has 6 nitrogen and oxygen atoms in total. The van der Waals surface area contributed by atoms with Crippen molar-refractivity contribution in [2.75, 3.05) is 0 Å². The van der Waals surface area contributed by atoms with Gasteiger partial charge in [0.25, 0.3) is 5.91 Å². The highest BCUT2D eigenvalue weighted by molar-refractivity contribution is 5.97. The summed E-state index contributed by atoms with van der Waals surface area (Å²) in [4.78, 5) is 22.2. The van der Waals surface area contributed by atoms with Crippen LogP contribution in [0, 0.1) is 6.92 Å². The van der Waals surface area contributed by atoms with Gasteiger partial charge < -0.3 is 0 Å². The third-order valence-electron chi connectivity index (χ3n) is 3.74. The summed E-state index contributed by atoms with van der Waals surface area (Å²) in [7, 11) is 0. The van der Waals surface area contributed by atoms with Gasteiger partial charge in [0.15, 0.2) is 5.65 Å². The van der Waals surface area contributed by atoms with Crippen molar-refractivity contribution < 1.29 is 9.63 Å². The zero-order valence-corrected chi connectivity index (χ0v) is 14.0. The van der Waals surface area contributed by atoms with Crippen LogP contribution in [0.5, 0.6) is 0 Å². The van der Waals surface area contributed by atoms with Crippen molar-refractivity contribution in [1.29, 1.82) is 0 Å². The molecule has 124 valence electrons. The topological polar surface area (TPSA) is 69.0 Å². The minimum Gasteiger partial charge on any atom is -0.269 e. The fourth-order valence-electron chi connectivity index (χ4n) is 2.49. The van der Waals surface area contributed by atoms with Gasteiger partial charge in [-0.25, -0.2) is 15.1 Å². The van der Waals surface area contributed by atoms with Gasteiger partial charge in [-0.2, -0.15) is 5.10 Å². The van der Waals surface area contributed by atoms with Gasteiger partial charge in [-0.1, -0.05) is 30.3 Å². The molecule has 0 aliphatic carbocycles. The van der Waals surface area contributed by atoms with Gasteiger partial charge in [-0.15, -0.1) is 0 Å². The molecule has 0 radical (unpaired) electrons. The zero-order chi connectivity index (χ0) is 17.1. The largest absolute Gasteiger partial charge is 0.276 e. The maximum Gasteiger partial charge on any atom is 0.276 e. The number of pyridine rings is 1. The quantitative estimate of drug-likeness (QED) is 0.732. The molecule has 0 saturated heterocycles. The molecular weight excluding hydrogens is 304 g/mol. The van der Waals surface area contributed by atoms with Crippen molar-refractivity contribution in [2.45, 2.75) is 33.4 Å². The van der Waals surface area contributed by atoms with Crippen LogP contribution in [0.2, 0.25) is 0 Å². The molecule has 0 saturated carbocycles. The summed E-state index contributed by atoms with van der Waals surface area (Å²) in [6.07, 6.45) is 1.73. The number of hydrogen-bond acceptors (Lipinski definition) is 4. The van der Waals surface area contributed by atoms with E-state index in [1.807, 2.05) is 55.8 Å². The molecule has 0 aliphatic heterocycles. The highest BCUT2D eigenvalue weighted by Gasteiger charge is 2.15. The Morgan fingerprint density at radius 2 is 2.04 bits per heavy atom. The average Bonchev–Trinajstić information content (AvgIpc) is 2.98.